The maximum atomic E-state index is 5.25. The van der Waals surface area contributed by atoms with Gasteiger partial charge in [0.05, 0.1) is 36.4 Å². The van der Waals surface area contributed by atoms with Crippen LogP contribution in [0.2, 0.25) is 0 Å². The molecule has 4 rings (SSSR count). The van der Waals surface area contributed by atoms with E-state index in [9.17, 15) is 0 Å². The molecular weight excluding hydrogens is 320 g/mol. The highest BCUT2D eigenvalue weighted by atomic mass is 16.5. The molecule has 8 heteroatoms. The van der Waals surface area contributed by atoms with Gasteiger partial charge in [0.1, 0.15) is 0 Å². The molecule has 1 atom stereocenters. The Labute approximate surface area is 143 Å². The van der Waals surface area contributed by atoms with Gasteiger partial charge >= 0.3 is 0 Å². The highest BCUT2D eigenvalue weighted by Gasteiger charge is 2.14. The van der Waals surface area contributed by atoms with Crippen LogP contribution in [0.15, 0.2) is 63.9 Å². The first-order valence-electron chi connectivity index (χ1n) is 7.87. The molecule has 0 saturated heterocycles. The van der Waals surface area contributed by atoms with Crippen LogP contribution in [0, 0.1) is 0 Å². The van der Waals surface area contributed by atoms with Crippen molar-refractivity contribution in [1.29, 1.82) is 0 Å². The van der Waals surface area contributed by atoms with Crippen molar-refractivity contribution in [2.24, 2.45) is 0 Å². The van der Waals surface area contributed by atoms with E-state index in [1.165, 1.54) is 0 Å². The third-order valence-electron chi connectivity index (χ3n) is 3.74. The zero-order chi connectivity index (χ0) is 17.1. The van der Waals surface area contributed by atoms with Crippen molar-refractivity contribution >= 4 is 0 Å². The standard InChI is InChI=1S/C17H16N6O2/c1-12(14-11-23(22-20-14)13-6-3-2-4-7-13)18-10-16-19-17(21-25-16)15-8-5-9-24-15/h2-9,11-12,18H,10H2,1H3. The Bertz CT molecular complexity index is 929. The molecule has 0 fully saturated rings. The molecule has 1 aromatic carbocycles. The predicted molar refractivity (Wildman–Crippen MR) is 88.6 cm³/mol. The van der Waals surface area contributed by atoms with E-state index in [4.69, 9.17) is 8.94 Å². The maximum absolute atomic E-state index is 5.25. The fourth-order valence-corrected chi connectivity index (χ4v) is 2.36. The summed E-state index contributed by atoms with van der Waals surface area (Å²) in [5, 5.41) is 15.6. The van der Waals surface area contributed by atoms with Gasteiger partial charge in [0.15, 0.2) is 5.76 Å². The third kappa shape index (κ3) is 3.33. The summed E-state index contributed by atoms with van der Waals surface area (Å²) in [6.07, 6.45) is 3.47. The molecule has 126 valence electrons. The molecule has 1 unspecified atom stereocenters. The predicted octanol–water partition coefficient (Wildman–Crippen LogP) is 2.76. The van der Waals surface area contributed by atoms with Crippen LogP contribution < -0.4 is 5.32 Å². The Morgan fingerprint density at radius 2 is 2.04 bits per heavy atom. The number of aromatic nitrogens is 5. The zero-order valence-corrected chi connectivity index (χ0v) is 13.5. The van der Waals surface area contributed by atoms with Crippen molar-refractivity contribution in [3.05, 3.63) is 66.5 Å². The lowest BCUT2D eigenvalue weighted by Gasteiger charge is -2.07. The summed E-state index contributed by atoms with van der Waals surface area (Å²) in [5.74, 6) is 1.49. The first kappa shape index (κ1) is 15.3. The van der Waals surface area contributed by atoms with Gasteiger partial charge < -0.3 is 14.3 Å². The lowest BCUT2D eigenvalue weighted by Crippen LogP contribution is -2.18. The molecule has 0 aliphatic heterocycles. The highest BCUT2D eigenvalue weighted by molar-refractivity contribution is 5.44. The number of hydrogen-bond acceptors (Lipinski definition) is 7. The van der Waals surface area contributed by atoms with Crippen molar-refractivity contribution < 1.29 is 8.94 Å². The van der Waals surface area contributed by atoms with E-state index in [0.29, 0.717) is 24.0 Å². The molecule has 0 saturated carbocycles. The van der Waals surface area contributed by atoms with Crippen molar-refractivity contribution in [2.75, 3.05) is 0 Å². The van der Waals surface area contributed by atoms with Crippen LogP contribution in [-0.4, -0.2) is 25.1 Å². The minimum atomic E-state index is -0.0172. The SMILES string of the molecule is CC(NCc1nc(-c2ccco2)no1)c1cn(-c2ccccc2)nn1. The largest absolute Gasteiger partial charge is 0.461 e. The summed E-state index contributed by atoms with van der Waals surface area (Å²) in [6.45, 7) is 2.43. The summed E-state index contributed by atoms with van der Waals surface area (Å²) < 4.78 is 12.2. The van der Waals surface area contributed by atoms with Gasteiger partial charge in [0.25, 0.3) is 0 Å². The maximum Gasteiger partial charge on any atom is 0.241 e. The Morgan fingerprint density at radius 3 is 2.84 bits per heavy atom. The van der Waals surface area contributed by atoms with Gasteiger partial charge in [-0.05, 0) is 31.2 Å². The van der Waals surface area contributed by atoms with E-state index >= 15 is 0 Å². The minimum Gasteiger partial charge on any atom is -0.461 e. The molecule has 0 amide bonds. The van der Waals surface area contributed by atoms with Crippen LogP contribution >= 0.6 is 0 Å². The minimum absolute atomic E-state index is 0.0172. The van der Waals surface area contributed by atoms with Crippen LogP contribution in [0.1, 0.15) is 24.6 Å². The lowest BCUT2D eigenvalue weighted by molar-refractivity contribution is 0.359. The van der Waals surface area contributed by atoms with Gasteiger partial charge in [-0.25, -0.2) is 4.68 Å². The highest BCUT2D eigenvalue weighted by Crippen LogP contribution is 2.16. The Balaban J connectivity index is 1.39. The molecular formula is C17H16N6O2. The lowest BCUT2D eigenvalue weighted by atomic mass is 10.2. The summed E-state index contributed by atoms with van der Waals surface area (Å²) in [5.41, 5.74) is 1.79. The molecule has 0 bridgehead atoms. The summed E-state index contributed by atoms with van der Waals surface area (Å²) in [7, 11) is 0. The number of furan rings is 1. The molecule has 1 N–H and O–H groups in total. The summed E-state index contributed by atoms with van der Waals surface area (Å²) >= 11 is 0. The first-order valence-corrected chi connectivity index (χ1v) is 7.87. The van der Waals surface area contributed by atoms with Crippen LogP contribution in [0.3, 0.4) is 0 Å². The zero-order valence-electron chi connectivity index (χ0n) is 13.5. The van der Waals surface area contributed by atoms with Crippen LogP contribution in [0.25, 0.3) is 17.3 Å². The molecule has 4 aromatic rings. The number of benzene rings is 1. The normalized spacial score (nSPS) is 12.4. The van der Waals surface area contributed by atoms with Gasteiger partial charge in [0.2, 0.25) is 11.7 Å². The Morgan fingerprint density at radius 1 is 1.16 bits per heavy atom. The number of rotatable bonds is 6. The van der Waals surface area contributed by atoms with Crippen molar-refractivity contribution in [2.45, 2.75) is 19.5 Å². The van der Waals surface area contributed by atoms with Crippen molar-refractivity contribution in [3.8, 4) is 17.3 Å². The van der Waals surface area contributed by atoms with E-state index in [2.05, 4.69) is 25.8 Å². The molecule has 3 heterocycles. The second-order valence-electron chi connectivity index (χ2n) is 5.52. The van der Waals surface area contributed by atoms with E-state index in [-0.39, 0.29) is 6.04 Å². The summed E-state index contributed by atoms with van der Waals surface area (Å²) in [6, 6.07) is 13.4. The van der Waals surface area contributed by atoms with Crippen molar-refractivity contribution in [3.63, 3.8) is 0 Å². The van der Waals surface area contributed by atoms with E-state index in [0.717, 1.165) is 11.4 Å². The molecule has 3 aromatic heterocycles. The van der Waals surface area contributed by atoms with Crippen LogP contribution in [-0.2, 0) is 6.54 Å². The Kier molecular flexibility index (Phi) is 4.09. The fraction of sp³-hybridized carbons (Fsp3) is 0.176. The topological polar surface area (TPSA) is 94.8 Å². The van der Waals surface area contributed by atoms with Gasteiger partial charge in [-0.3, -0.25) is 0 Å². The van der Waals surface area contributed by atoms with E-state index in [1.807, 2.05) is 43.5 Å². The second kappa shape index (κ2) is 6.70. The molecule has 0 spiro atoms. The number of hydrogen-bond donors (Lipinski definition) is 1. The smallest absolute Gasteiger partial charge is 0.241 e. The van der Waals surface area contributed by atoms with Gasteiger partial charge in [-0.2, -0.15) is 4.98 Å². The number of nitrogens with zero attached hydrogens (tertiary/aromatic N) is 5. The van der Waals surface area contributed by atoms with Gasteiger partial charge in [0, 0.05) is 0 Å². The van der Waals surface area contributed by atoms with Crippen LogP contribution in [0.4, 0.5) is 0 Å². The monoisotopic (exact) mass is 336 g/mol. The first-order chi connectivity index (χ1) is 12.3. The summed E-state index contributed by atoms with van der Waals surface area (Å²) in [4.78, 5) is 4.30. The molecule has 8 nitrogen and oxygen atoms in total. The second-order valence-corrected chi connectivity index (χ2v) is 5.52. The van der Waals surface area contributed by atoms with Crippen LogP contribution in [0.5, 0.6) is 0 Å². The fourth-order valence-electron chi connectivity index (χ4n) is 2.36. The molecule has 25 heavy (non-hydrogen) atoms. The van der Waals surface area contributed by atoms with Gasteiger partial charge in [-0.1, -0.05) is 28.6 Å². The average Bonchev–Trinajstić information content (AvgIpc) is 3.41. The quantitative estimate of drug-likeness (QED) is 0.578. The van der Waals surface area contributed by atoms with E-state index < -0.39 is 0 Å². The van der Waals surface area contributed by atoms with E-state index in [1.54, 1.807) is 23.1 Å². The van der Waals surface area contributed by atoms with Gasteiger partial charge in [-0.15, -0.1) is 5.10 Å². The van der Waals surface area contributed by atoms with Crippen molar-refractivity contribution in [1.82, 2.24) is 30.5 Å². The number of para-hydroxylation sites is 1. The average molecular weight is 336 g/mol. The molecule has 0 aliphatic rings. The Hall–Kier alpha value is -3.26. The third-order valence-corrected chi connectivity index (χ3v) is 3.74. The molecule has 0 aliphatic carbocycles. The number of nitrogens with one attached hydrogen (secondary N) is 1. The molecule has 0 radical (unpaired) electrons.